The Morgan fingerprint density at radius 3 is 2.67 bits per heavy atom. The molecule has 0 aromatic heterocycles. The summed E-state index contributed by atoms with van der Waals surface area (Å²) in [5.74, 6) is -0.0811. The zero-order chi connectivity index (χ0) is 7.28. The maximum atomic E-state index is 10.7. The first-order valence-corrected chi connectivity index (χ1v) is 4.11. The third-order valence-electron chi connectivity index (χ3n) is 1.18. The second-order valence-electron chi connectivity index (χ2n) is 1.88. The van der Waals surface area contributed by atoms with Crippen molar-refractivity contribution >= 4 is 18.0 Å². The van der Waals surface area contributed by atoms with Crippen LogP contribution >= 0.6 is 12.0 Å². The monoisotopic (exact) mass is 148 g/mol. The Balaban J connectivity index is 3.46. The Labute approximate surface area is 60.2 Å². The van der Waals surface area contributed by atoms with Crippen molar-refractivity contribution in [3.63, 3.8) is 0 Å². The van der Waals surface area contributed by atoms with Crippen LogP contribution in [0.4, 0.5) is 0 Å². The molecule has 3 heteroatoms. The Bertz CT molecular complexity index is 93.1. The van der Waals surface area contributed by atoms with Crippen molar-refractivity contribution in [3.8, 4) is 0 Å². The molecule has 0 rings (SSSR count). The molecule has 9 heavy (non-hydrogen) atoms. The summed E-state index contributed by atoms with van der Waals surface area (Å²) in [7, 11) is 0. The molecular weight excluding hydrogens is 136 g/mol. The summed E-state index contributed by atoms with van der Waals surface area (Å²) in [5.41, 5.74) is 0. The normalized spacial score (nSPS) is 12.8. The van der Waals surface area contributed by atoms with Gasteiger partial charge in [-0.05, 0) is 6.42 Å². The molecule has 0 aromatic rings. The molecule has 0 fully saturated rings. The third kappa shape index (κ3) is 3.40. The van der Waals surface area contributed by atoms with Crippen LogP contribution in [0.1, 0.15) is 20.3 Å². The van der Waals surface area contributed by atoms with Crippen LogP contribution < -0.4 is 0 Å². The van der Waals surface area contributed by atoms with Crippen LogP contribution in [0.15, 0.2) is 0 Å². The highest BCUT2D eigenvalue weighted by Crippen LogP contribution is 2.07. The van der Waals surface area contributed by atoms with Gasteiger partial charge in [-0.3, -0.25) is 4.79 Å². The molecule has 0 aliphatic rings. The molecule has 0 saturated carbocycles. The minimum Gasteiger partial charge on any atom is -0.391 e. The highest BCUT2D eigenvalue weighted by molar-refractivity contribution is 7.94. The fourth-order valence-electron chi connectivity index (χ4n) is 0.331. The quantitative estimate of drug-likeness (QED) is 0.571. The van der Waals surface area contributed by atoms with E-state index in [1.54, 1.807) is 6.26 Å². The van der Waals surface area contributed by atoms with E-state index in [9.17, 15) is 4.79 Å². The second kappa shape index (κ2) is 4.68. The van der Waals surface area contributed by atoms with Crippen molar-refractivity contribution in [2.75, 3.05) is 6.26 Å². The topological polar surface area (TPSA) is 26.3 Å². The van der Waals surface area contributed by atoms with E-state index < -0.39 is 0 Å². The zero-order valence-electron chi connectivity index (χ0n) is 6.01. The molecule has 0 bridgehead atoms. The lowest BCUT2D eigenvalue weighted by molar-refractivity contribution is -0.137. The van der Waals surface area contributed by atoms with Crippen LogP contribution in [0.2, 0.25) is 0 Å². The van der Waals surface area contributed by atoms with Gasteiger partial charge in [-0.25, -0.2) is 0 Å². The smallest absolute Gasteiger partial charge is 0.320 e. The van der Waals surface area contributed by atoms with Crippen molar-refractivity contribution in [1.82, 2.24) is 0 Å². The van der Waals surface area contributed by atoms with Crippen molar-refractivity contribution in [2.24, 2.45) is 5.92 Å². The Hall–Kier alpha value is -0.180. The fraction of sp³-hybridized carbons (Fsp3) is 0.833. The molecular formula is C6H12O2S. The minimum atomic E-state index is -0.120. The summed E-state index contributed by atoms with van der Waals surface area (Å²) in [6, 6.07) is 0. The molecule has 1 atom stereocenters. The Morgan fingerprint density at radius 2 is 2.33 bits per heavy atom. The van der Waals surface area contributed by atoms with Crippen molar-refractivity contribution < 1.29 is 8.98 Å². The maximum Gasteiger partial charge on any atom is 0.320 e. The molecule has 0 radical (unpaired) electrons. The van der Waals surface area contributed by atoms with Gasteiger partial charge in [-0.1, -0.05) is 13.8 Å². The van der Waals surface area contributed by atoms with Gasteiger partial charge in [0.2, 0.25) is 0 Å². The molecule has 0 N–H and O–H groups in total. The van der Waals surface area contributed by atoms with Crippen LogP contribution in [0.5, 0.6) is 0 Å². The first-order valence-electron chi connectivity index (χ1n) is 2.96. The van der Waals surface area contributed by atoms with E-state index in [2.05, 4.69) is 4.18 Å². The summed E-state index contributed by atoms with van der Waals surface area (Å²) in [5, 5.41) is 0. The van der Waals surface area contributed by atoms with Gasteiger partial charge in [0, 0.05) is 6.26 Å². The van der Waals surface area contributed by atoms with E-state index in [4.69, 9.17) is 0 Å². The lowest BCUT2D eigenvalue weighted by atomic mass is 10.1. The Morgan fingerprint density at radius 1 is 1.78 bits per heavy atom. The second-order valence-corrected chi connectivity index (χ2v) is 2.38. The molecule has 54 valence electrons. The van der Waals surface area contributed by atoms with E-state index in [0.717, 1.165) is 18.5 Å². The predicted octanol–water partition coefficient (Wildman–Crippen LogP) is 1.85. The molecule has 1 unspecified atom stereocenters. The van der Waals surface area contributed by atoms with E-state index in [-0.39, 0.29) is 11.9 Å². The number of rotatable bonds is 3. The molecule has 2 nitrogen and oxygen atoms in total. The molecule has 0 aromatic carbocycles. The SMILES string of the molecule is CCC(C)C(=O)OSC. The number of hydrogen-bond acceptors (Lipinski definition) is 3. The molecule has 0 heterocycles. The van der Waals surface area contributed by atoms with Gasteiger partial charge in [0.05, 0.1) is 18.0 Å². The van der Waals surface area contributed by atoms with Crippen molar-refractivity contribution in [1.29, 1.82) is 0 Å². The average molecular weight is 148 g/mol. The molecule has 0 aliphatic heterocycles. The molecule has 0 spiro atoms. The van der Waals surface area contributed by atoms with Gasteiger partial charge in [0.25, 0.3) is 0 Å². The molecule has 0 aliphatic carbocycles. The van der Waals surface area contributed by atoms with Crippen molar-refractivity contribution in [3.05, 3.63) is 0 Å². The number of carbonyl (C=O) groups excluding carboxylic acids is 1. The number of hydrogen-bond donors (Lipinski definition) is 0. The van der Waals surface area contributed by atoms with Crippen LogP contribution in [-0.2, 0) is 8.98 Å². The van der Waals surface area contributed by atoms with Gasteiger partial charge in [-0.15, -0.1) is 0 Å². The molecule has 0 amide bonds. The summed E-state index contributed by atoms with van der Waals surface area (Å²) in [6.45, 7) is 3.82. The van der Waals surface area contributed by atoms with E-state index in [0.29, 0.717) is 0 Å². The lowest BCUT2D eigenvalue weighted by Gasteiger charge is -2.03. The predicted molar refractivity (Wildman–Crippen MR) is 39.1 cm³/mol. The summed E-state index contributed by atoms with van der Waals surface area (Å²) >= 11 is 1.10. The van der Waals surface area contributed by atoms with E-state index >= 15 is 0 Å². The largest absolute Gasteiger partial charge is 0.391 e. The van der Waals surface area contributed by atoms with Crippen LogP contribution in [0, 0.1) is 5.92 Å². The molecule has 0 saturated heterocycles. The summed E-state index contributed by atoms with van der Waals surface area (Å²) in [4.78, 5) is 10.7. The standard InChI is InChI=1S/C6H12O2S/c1-4-5(2)6(7)8-9-3/h5H,4H2,1-3H3. The Kier molecular flexibility index (Phi) is 4.58. The minimum absolute atomic E-state index is 0.0393. The van der Waals surface area contributed by atoms with Gasteiger partial charge in [0.15, 0.2) is 0 Å². The van der Waals surface area contributed by atoms with Crippen LogP contribution in [-0.4, -0.2) is 12.2 Å². The zero-order valence-corrected chi connectivity index (χ0v) is 6.83. The maximum absolute atomic E-state index is 10.7. The first kappa shape index (κ1) is 8.82. The highest BCUT2D eigenvalue weighted by Gasteiger charge is 2.10. The van der Waals surface area contributed by atoms with Gasteiger partial charge < -0.3 is 4.18 Å². The van der Waals surface area contributed by atoms with Gasteiger partial charge >= 0.3 is 5.97 Å². The lowest BCUT2D eigenvalue weighted by Crippen LogP contribution is -2.09. The van der Waals surface area contributed by atoms with Gasteiger partial charge in [-0.2, -0.15) is 0 Å². The van der Waals surface area contributed by atoms with E-state index in [1.165, 1.54) is 0 Å². The van der Waals surface area contributed by atoms with E-state index in [1.807, 2.05) is 13.8 Å². The van der Waals surface area contributed by atoms with Crippen LogP contribution in [0.25, 0.3) is 0 Å². The highest BCUT2D eigenvalue weighted by atomic mass is 32.2. The first-order chi connectivity index (χ1) is 4.22. The van der Waals surface area contributed by atoms with Crippen molar-refractivity contribution in [2.45, 2.75) is 20.3 Å². The summed E-state index contributed by atoms with van der Waals surface area (Å²) < 4.78 is 4.67. The van der Waals surface area contributed by atoms with Crippen LogP contribution in [0.3, 0.4) is 0 Å². The fourth-order valence-corrected chi connectivity index (χ4v) is 0.659. The third-order valence-corrected chi connectivity index (χ3v) is 1.51. The summed E-state index contributed by atoms with van der Waals surface area (Å²) in [6.07, 6.45) is 2.58. The number of carbonyl (C=O) groups is 1. The van der Waals surface area contributed by atoms with Gasteiger partial charge in [0.1, 0.15) is 0 Å². The average Bonchev–Trinajstić information content (AvgIpc) is 1.87.